The van der Waals surface area contributed by atoms with Gasteiger partial charge in [-0.3, -0.25) is 14.5 Å². The summed E-state index contributed by atoms with van der Waals surface area (Å²) in [7, 11) is 0. The van der Waals surface area contributed by atoms with Crippen LogP contribution in [-0.2, 0) is 0 Å². The molecule has 0 aliphatic rings. The van der Waals surface area contributed by atoms with Gasteiger partial charge in [-0.05, 0) is 19.9 Å². The van der Waals surface area contributed by atoms with Crippen molar-refractivity contribution in [3.63, 3.8) is 0 Å². The van der Waals surface area contributed by atoms with E-state index in [1.807, 2.05) is 12.3 Å². The maximum atomic E-state index is 11.1. The number of pyridine rings is 1. The van der Waals surface area contributed by atoms with Crippen molar-refractivity contribution in [2.75, 3.05) is 5.73 Å². The first-order valence-corrected chi connectivity index (χ1v) is 6.70. The maximum absolute atomic E-state index is 11.1. The summed E-state index contributed by atoms with van der Waals surface area (Å²) in [5.41, 5.74) is 9.11. The Morgan fingerprint density at radius 3 is 2.75 bits per heavy atom. The number of nitro groups is 1. The fraction of sp³-hybridized carbons (Fsp3) is 0.167. The van der Waals surface area contributed by atoms with E-state index < -0.39 is 4.92 Å². The first-order chi connectivity index (χ1) is 9.47. The number of anilines is 1. The van der Waals surface area contributed by atoms with Crippen molar-refractivity contribution < 1.29 is 4.92 Å². The molecule has 20 heavy (non-hydrogen) atoms. The van der Waals surface area contributed by atoms with Gasteiger partial charge in [0.25, 0.3) is 5.69 Å². The van der Waals surface area contributed by atoms with Crippen LogP contribution in [0.4, 0.5) is 10.8 Å². The Balaban J connectivity index is 2.34. The quantitative estimate of drug-likeness (QED) is 0.577. The van der Waals surface area contributed by atoms with Crippen molar-refractivity contribution in [1.82, 2.24) is 14.4 Å². The van der Waals surface area contributed by atoms with Crippen LogP contribution in [0.2, 0.25) is 0 Å². The molecule has 0 aliphatic heterocycles. The second-order valence-corrected chi connectivity index (χ2v) is 5.33. The van der Waals surface area contributed by atoms with Crippen LogP contribution in [0.1, 0.15) is 11.3 Å². The molecule has 102 valence electrons. The average Bonchev–Trinajstić information content (AvgIpc) is 2.90. The molecule has 0 atom stereocenters. The smallest absolute Gasteiger partial charge is 0.288 e. The van der Waals surface area contributed by atoms with Crippen molar-refractivity contribution in [3.8, 4) is 11.4 Å². The Kier molecular flexibility index (Phi) is 2.68. The van der Waals surface area contributed by atoms with Crippen LogP contribution in [0.15, 0.2) is 17.6 Å². The average molecular weight is 289 g/mol. The van der Waals surface area contributed by atoms with E-state index in [1.54, 1.807) is 17.4 Å². The SMILES string of the molecule is Cc1cc2nc(C)c(-c3csc(N)n3)n2cc1[N+](=O)[O-]. The number of rotatable bonds is 2. The number of aryl methyl sites for hydroxylation is 2. The van der Waals surface area contributed by atoms with Gasteiger partial charge in [0, 0.05) is 10.9 Å². The zero-order chi connectivity index (χ0) is 14.4. The van der Waals surface area contributed by atoms with Crippen molar-refractivity contribution in [2.24, 2.45) is 0 Å². The van der Waals surface area contributed by atoms with Gasteiger partial charge in [-0.1, -0.05) is 0 Å². The number of nitrogens with two attached hydrogens (primary N) is 1. The lowest BCUT2D eigenvalue weighted by Gasteiger charge is -2.02. The molecule has 0 fully saturated rings. The summed E-state index contributed by atoms with van der Waals surface area (Å²) in [6, 6.07) is 1.70. The molecule has 0 unspecified atom stereocenters. The van der Waals surface area contributed by atoms with Crippen molar-refractivity contribution >= 4 is 27.8 Å². The standard InChI is InChI=1S/C12H11N5O2S/c1-6-3-10-14-7(2)11(8-5-20-12(13)15-8)16(10)4-9(6)17(18)19/h3-5H,1-2H3,(H2,13,15). The fourth-order valence-corrected chi connectivity index (χ4v) is 2.74. The van der Waals surface area contributed by atoms with Gasteiger partial charge in [-0.15, -0.1) is 11.3 Å². The minimum absolute atomic E-state index is 0.0550. The zero-order valence-electron chi connectivity index (χ0n) is 10.8. The lowest BCUT2D eigenvalue weighted by Crippen LogP contribution is -1.97. The molecule has 2 N–H and O–H groups in total. The van der Waals surface area contributed by atoms with Gasteiger partial charge in [-0.2, -0.15) is 0 Å². The molecule has 3 aromatic heterocycles. The summed E-state index contributed by atoms with van der Waals surface area (Å²) in [6.07, 6.45) is 1.48. The monoisotopic (exact) mass is 289 g/mol. The Bertz CT molecular complexity index is 836. The van der Waals surface area contributed by atoms with Crippen molar-refractivity contribution in [1.29, 1.82) is 0 Å². The van der Waals surface area contributed by atoms with E-state index in [0.29, 0.717) is 22.0 Å². The van der Waals surface area contributed by atoms with E-state index in [-0.39, 0.29) is 5.69 Å². The summed E-state index contributed by atoms with van der Waals surface area (Å²) in [5, 5.41) is 13.3. The summed E-state index contributed by atoms with van der Waals surface area (Å²) >= 11 is 1.33. The molecule has 0 saturated heterocycles. The lowest BCUT2D eigenvalue weighted by atomic mass is 10.2. The fourth-order valence-electron chi connectivity index (χ4n) is 2.19. The van der Waals surface area contributed by atoms with Crippen molar-refractivity contribution in [2.45, 2.75) is 13.8 Å². The van der Waals surface area contributed by atoms with E-state index in [9.17, 15) is 10.1 Å². The topological polar surface area (TPSA) is 99.3 Å². The van der Waals surface area contributed by atoms with E-state index >= 15 is 0 Å². The first-order valence-electron chi connectivity index (χ1n) is 5.82. The van der Waals surface area contributed by atoms with Gasteiger partial charge >= 0.3 is 0 Å². The highest BCUT2D eigenvalue weighted by Crippen LogP contribution is 2.29. The Morgan fingerprint density at radius 2 is 2.15 bits per heavy atom. The predicted molar refractivity (Wildman–Crippen MR) is 76.8 cm³/mol. The largest absolute Gasteiger partial charge is 0.375 e. The molecule has 0 bridgehead atoms. The molecule has 3 aromatic rings. The maximum Gasteiger partial charge on any atom is 0.288 e. The number of nitrogens with zero attached hydrogens (tertiary/aromatic N) is 4. The normalized spacial score (nSPS) is 11.1. The van der Waals surface area contributed by atoms with Crippen LogP contribution in [0.5, 0.6) is 0 Å². The second-order valence-electron chi connectivity index (χ2n) is 4.44. The van der Waals surface area contributed by atoms with Crippen LogP contribution in [0.25, 0.3) is 17.0 Å². The second kappa shape index (κ2) is 4.27. The van der Waals surface area contributed by atoms with Crippen LogP contribution in [0.3, 0.4) is 0 Å². The minimum Gasteiger partial charge on any atom is -0.375 e. The number of hydrogen-bond donors (Lipinski definition) is 1. The van der Waals surface area contributed by atoms with Crippen LogP contribution >= 0.6 is 11.3 Å². The van der Waals surface area contributed by atoms with Gasteiger partial charge in [-0.25, -0.2) is 9.97 Å². The number of imidazole rings is 1. The number of fused-ring (bicyclic) bond motifs is 1. The summed E-state index contributed by atoms with van der Waals surface area (Å²) in [5.74, 6) is 0. The highest BCUT2D eigenvalue weighted by atomic mass is 32.1. The molecule has 0 aromatic carbocycles. The predicted octanol–water partition coefficient (Wildman–Crippen LogP) is 2.57. The molecule has 0 amide bonds. The molecule has 3 rings (SSSR count). The third-order valence-corrected chi connectivity index (χ3v) is 3.75. The highest BCUT2D eigenvalue weighted by molar-refractivity contribution is 7.13. The van der Waals surface area contributed by atoms with Gasteiger partial charge < -0.3 is 5.73 Å². The van der Waals surface area contributed by atoms with Crippen LogP contribution in [-0.4, -0.2) is 19.3 Å². The molecule has 8 heteroatoms. The first kappa shape index (κ1) is 12.5. The van der Waals surface area contributed by atoms with E-state index in [4.69, 9.17) is 5.73 Å². The summed E-state index contributed by atoms with van der Waals surface area (Å²) in [6.45, 7) is 3.54. The third kappa shape index (κ3) is 1.81. The lowest BCUT2D eigenvalue weighted by molar-refractivity contribution is -0.385. The van der Waals surface area contributed by atoms with Crippen LogP contribution in [0, 0.1) is 24.0 Å². The molecule has 0 aliphatic carbocycles. The summed E-state index contributed by atoms with van der Waals surface area (Å²) in [4.78, 5) is 19.3. The molecule has 7 nitrogen and oxygen atoms in total. The van der Waals surface area contributed by atoms with E-state index in [1.165, 1.54) is 17.5 Å². The number of aromatic nitrogens is 3. The van der Waals surface area contributed by atoms with Gasteiger partial charge in [0.05, 0.1) is 22.5 Å². The third-order valence-electron chi connectivity index (χ3n) is 3.07. The van der Waals surface area contributed by atoms with Gasteiger partial charge in [0.15, 0.2) is 5.13 Å². The van der Waals surface area contributed by atoms with E-state index in [0.717, 1.165) is 11.4 Å². The number of nitrogen functional groups attached to an aromatic ring is 1. The Hall–Kier alpha value is -2.48. The minimum atomic E-state index is -0.400. The Labute approximate surface area is 117 Å². The van der Waals surface area contributed by atoms with Gasteiger partial charge in [0.2, 0.25) is 0 Å². The Morgan fingerprint density at radius 1 is 1.40 bits per heavy atom. The molecule has 0 radical (unpaired) electrons. The molecular weight excluding hydrogens is 278 g/mol. The van der Waals surface area contributed by atoms with E-state index in [2.05, 4.69) is 9.97 Å². The highest BCUT2D eigenvalue weighted by Gasteiger charge is 2.18. The molecule has 0 spiro atoms. The number of thiazole rings is 1. The van der Waals surface area contributed by atoms with Gasteiger partial charge in [0.1, 0.15) is 11.3 Å². The van der Waals surface area contributed by atoms with Crippen LogP contribution < -0.4 is 5.73 Å². The number of hydrogen-bond acceptors (Lipinski definition) is 6. The van der Waals surface area contributed by atoms with Crippen molar-refractivity contribution in [3.05, 3.63) is 39.0 Å². The zero-order valence-corrected chi connectivity index (χ0v) is 11.6. The molecule has 3 heterocycles. The molecule has 0 saturated carbocycles. The molecular formula is C12H11N5O2S. The summed E-state index contributed by atoms with van der Waals surface area (Å²) < 4.78 is 1.69.